The van der Waals surface area contributed by atoms with Gasteiger partial charge in [-0.25, -0.2) is 0 Å². The first-order valence-electron chi connectivity index (χ1n) is 6.65. The number of carbonyl (C=O) groups is 2. The molecule has 2 rings (SSSR count). The van der Waals surface area contributed by atoms with Crippen molar-refractivity contribution in [2.75, 3.05) is 0 Å². The van der Waals surface area contributed by atoms with Crippen molar-refractivity contribution in [3.05, 3.63) is 51.8 Å². The van der Waals surface area contributed by atoms with E-state index in [1.54, 1.807) is 43.0 Å². The van der Waals surface area contributed by atoms with Crippen LogP contribution in [-0.2, 0) is 11.8 Å². The molecule has 116 valence electrons. The second kappa shape index (κ2) is 6.74. The van der Waals surface area contributed by atoms with Gasteiger partial charge in [-0.2, -0.15) is 5.10 Å². The molecule has 1 amide bonds. The van der Waals surface area contributed by atoms with E-state index in [2.05, 4.69) is 26.3 Å². The number of benzene rings is 1. The van der Waals surface area contributed by atoms with Crippen molar-refractivity contribution in [2.45, 2.75) is 19.4 Å². The van der Waals surface area contributed by atoms with Gasteiger partial charge in [0.1, 0.15) is 0 Å². The lowest BCUT2D eigenvalue weighted by Gasteiger charge is -2.17. The third-order valence-electron chi connectivity index (χ3n) is 3.19. The number of aliphatic carboxylic acids is 1. The lowest BCUT2D eigenvalue weighted by molar-refractivity contribution is -0.137. The molecule has 0 aliphatic heterocycles. The number of hydrogen-bond donors (Lipinski definition) is 2. The summed E-state index contributed by atoms with van der Waals surface area (Å²) < 4.78 is 2.38. The molecule has 7 heteroatoms. The average Bonchev–Trinajstić information content (AvgIpc) is 2.76. The Balaban J connectivity index is 2.25. The minimum absolute atomic E-state index is 0.193. The number of halogens is 1. The standard InChI is InChI=1S/C15H16BrN3O3/c1-9-12(8-19(2)18-9)15(22)17-13(7-14(20)21)10-4-3-5-11(16)6-10/h3-6,8,13H,7H2,1-2H3,(H,17,22)(H,20,21). The van der Waals surface area contributed by atoms with E-state index in [1.165, 1.54) is 0 Å². The van der Waals surface area contributed by atoms with Gasteiger partial charge in [0.05, 0.1) is 23.7 Å². The molecule has 0 aliphatic carbocycles. The number of carbonyl (C=O) groups excluding carboxylic acids is 1. The van der Waals surface area contributed by atoms with Gasteiger partial charge in [-0.15, -0.1) is 0 Å². The van der Waals surface area contributed by atoms with Gasteiger partial charge < -0.3 is 10.4 Å². The molecule has 0 aliphatic rings. The zero-order valence-electron chi connectivity index (χ0n) is 12.2. The molecule has 1 unspecified atom stereocenters. The lowest BCUT2D eigenvalue weighted by Crippen LogP contribution is -2.30. The van der Waals surface area contributed by atoms with Crippen molar-refractivity contribution in [2.24, 2.45) is 7.05 Å². The number of rotatable bonds is 5. The summed E-state index contributed by atoms with van der Waals surface area (Å²) >= 11 is 3.35. The molecule has 1 aromatic heterocycles. The van der Waals surface area contributed by atoms with Crippen LogP contribution in [0.2, 0.25) is 0 Å². The second-order valence-corrected chi connectivity index (χ2v) is 5.90. The molecule has 0 saturated heterocycles. The highest BCUT2D eigenvalue weighted by molar-refractivity contribution is 9.10. The first-order valence-corrected chi connectivity index (χ1v) is 7.44. The highest BCUT2D eigenvalue weighted by Gasteiger charge is 2.21. The average molecular weight is 366 g/mol. The first-order chi connectivity index (χ1) is 10.4. The van der Waals surface area contributed by atoms with E-state index in [0.29, 0.717) is 11.3 Å². The summed E-state index contributed by atoms with van der Waals surface area (Å²) in [6, 6.07) is 6.62. The molecular formula is C15H16BrN3O3. The SMILES string of the molecule is Cc1nn(C)cc1C(=O)NC(CC(=O)O)c1cccc(Br)c1. The Hall–Kier alpha value is -2.15. The van der Waals surface area contributed by atoms with Crippen LogP contribution < -0.4 is 5.32 Å². The molecule has 22 heavy (non-hydrogen) atoms. The summed E-state index contributed by atoms with van der Waals surface area (Å²) in [5, 5.41) is 16.0. The maximum Gasteiger partial charge on any atom is 0.305 e. The van der Waals surface area contributed by atoms with Crippen molar-refractivity contribution >= 4 is 27.8 Å². The zero-order valence-corrected chi connectivity index (χ0v) is 13.8. The van der Waals surface area contributed by atoms with Crippen LogP contribution in [-0.4, -0.2) is 26.8 Å². The van der Waals surface area contributed by atoms with Crippen molar-refractivity contribution in [3.63, 3.8) is 0 Å². The van der Waals surface area contributed by atoms with Crippen LogP contribution in [0.5, 0.6) is 0 Å². The molecule has 6 nitrogen and oxygen atoms in total. The van der Waals surface area contributed by atoms with Crippen LogP contribution in [0.3, 0.4) is 0 Å². The second-order valence-electron chi connectivity index (χ2n) is 4.98. The fourth-order valence-corrected chi connectivity index (χ4v) is 2.63. The van der Waals surface area contributed by atoms with E-state index in [9.17, 15) is 9.59 Å². The molecule has 0 radical (unpaired) electrons. The Morgan fingerprint density at radius 2 is 2.18 bits per heavy atom. The van der Waals surface area contributed by atoms with Crippen molar-refractivity contribution < 1.29 is 14.7 Å². The van der Waals surface area contributed by atoms with Gasteiger partial charge in [0.15, 0.2) is 0 Å². The highest BCUT2D eigenvalue weighted by Crippen LogP contribution is 2.21. The summed E-state index contributed by atoms with van der Waals surface area (Å²) in [6.07, 6.45) is 1.42. The minimum atomic E-state index is -0.979. The van der Waals surface area contributed by atoms with E-state index < -0.39 is 12.0 Å². The normalized spacial score (nSPS) is 12.0. The Morgan fingerprint density at radius 3 is 2.73 bits per heavy atom. The van der Waals surface area contributed by atoms with Gasteiger partial charge in [-0.1, -0.05) is 28.1 Å². The van der Waals surface area contributed by atoms with E-state index in [4.69, 9.17) is 5.11 Å². The number of amides is 1. The first kappa shape index (κ1) is 16.2. The Labute approximate surface area is 136 Å². The summed E-state index contributed by atoms with van der Waals surface area (Å²) in [7, 11) is 1.73. The van der Waals surface area contributed by atoms with E-state index in [-0.39, 0.29) is 12.3 Å². The largest absolute Gasteiger partial charge is 0.481 e. The van der Waals surface area contributed by atoms with Gasteiger partial charge >= 0.3 is 5.97 Å². The Bertz CT molecular complexity index is 712. The van der Waals surface area contributed by atoms with Gasteiger partial charge in [0.2, 0.25) is 0 Å². The number of nitrogens with zero attached hydrogens (tertiary/aromatic N) is 2. The minimum Gasteiger partial charge on any atom is -0.481 e. The van der Waals surface area contributed by atoms with Crippen LogP contribution in [0.25, 0.3) is 0 Å². The maximum atomic E-state index is 12.4. The molecule has 1 aromatic carbocycles. The van der Waals surface area contributed by atoms with Gasteiger partial charge in [-0.3, -0.25) is 14.3 Å². The van der Waals surface area contributed by atoms with Crippen LogP contribution in [0.4, 0.5) is 0 Å². The number of carboxylic acids is 1. The molecule has 1 heterocycles. The molecule has 1 atom stereocenters. The van der Waals surface area contributed by atoms with Crippen LogP contribution in [0.1, 0.15) is 34.1 Å². The van der Waals surface area contributed by atoms with Gasteiger partial charge in [-0.05, 0) is 24.6 Å². The monoisotopic (exact) mass is 365 g/mol. The quantitative estimate of drug-likeness (QED) is 0.851. The van der Waals surface area contributed by atoms with Gasteiger partial charge in [0, 0.05) is 17.7 Å². The topological polar surface area (TPSA) is 84.2 Å². The smallest absolute Gasteiger partial charge is 0.305 e. The van der Waals surface area contributed by atoms with Crippen LogP contribution in [0, 0.1) is 6.92 Å². The summed E-state index contributed by atoms with van der Waals surface area (Å²) in [6.45, 7) is 1.74. The van der Waals surface area contributed by atoms with E-state index in [0.717, 1.165) is 10.0 Å². The molecule has 0 bridgehead atoms. The van der Waals surface area contributed by atoms with E-state index in [1.807, 2.05) is 6.07 Å². The predicted octanol–water partition coefficient (Wildman–Crippen LogP) is 2.44. The maximum absolute atomic E-state index is 12.4. The van der Waals surface area contributed by atoms with Gasteiger partial charge in [0.25, 0.3) is 5.91 Å². The molecular weight excluding hydrogens is 350 g/mol. The zero-order chi connectivity index (χ0) is 16.3. The highest BCUT2D eigenvalue weighted by atomic mass is 79.9. The van der Waals surface area contributed by atoms with Crippen LogP contribution in [0.15, 0.2) is 34.9 Å². The summed E-state index contributed by atoms with van der Waals surface area (Å²) in [5.74, 6) is -1.31. The van der Waals surface area contributed by atoms with E-state index >= 15 is 0 Å². The fraction of sp³-hybridized carbons (Fsp3) is 0.267. The summed E-state index contributed by atoms with van der Waals surface area (Å²) in [4.78, 5) is 23.4. The van der Waals surface area contributed by atoms with Crippen molar-refractivity contribution in [1.29, 1.82) is 0 Å². The molecule has 0 saturated carbocycles. The Morgan fingerprint density at radius 1 is 1.45 bits per heavy atom. The molecule has 2 aromatic rings. The molecule has 0 fully saturated rings. The fourth-order valence-electron chi connectivity index (χ4n) is 2.21. The number of hydrogen-bond acceptors (Lipinski definition) is 3. The Kier molecular flexibility index (Phi) is 4.97. The third-order valence-corrected chi connectivity index (χ3v) is 3.69. The van der Waals surface area contributed by atoms with Crippen molar-refractivity contribution in [3.8, 4) is 0 Å². The number of aryl methyl sites for hydroxylation is 2. The number of aromatic nitrogens is 2. The number of nitrogens with one attached hydrogen (secondary N) is 1. The predicted molar refractivity (Wildman–Crippen MR) is 84.5 cm³/mol. The van der Waals surface area contributed by atoms with Crippen molar-refractivity contribution in [1.82, 2.24) is 15.1 Å². The molecule has 0 spiro atoms. The number of carboxylic acid groups (broad SMARTS) is 1. The lowest BCUT2D eigenvalue weighted by atomic mass is 10.0. The third kappa shape index (κ3) is 3.94. The van der Waals surface area contributed by atoms with Crippen LogP contribution >= 0.6 is 15.9 Å². The summed E-state index contributed by atoms with van der Waals surface area (Å²) in [5.41, 5.74) is 1.77. The molecule has 2 N–H and O–H groups in total.